The van der Waals surface area contributed by atoms with Crippen LogP contribution in [0.15, 0.2) is 6.07 Å². The molecule has 3 N–H and O–H groups in total. The standard InChI is InChI=1S/C13H23N3OS/c1-13(2,3)12-15-10(9-11(18)16-12)14-7-5-4-6-8-17/h9,17H,4-8H2,1-3H3,(H2,14,15,16,18). The molecule has 1 aromatic rings. The van der Waals surface area contributed by atoms with Gasteiger partial charge in [-0.3, -0.25) is 0 Å². The Kier molecular flexibility index (Phi) is 5.75. The van der Waals surface area contributed by atoms with Gasteiger partial charge in [-0.1, -0.05) is 33.0 Å². The van der Waals surface area contributed by atoms with Gasteiger partial charge in [-0.25, -0.2) is 4.98 Å². The third-order valence-corrected chi connectivity index (χ3v) is 2.81. The molecular formula is C13H23N3OS. The topological polar surface area (TPSA) is 60.9 Å². The van der Waals surface area contributed by atoms with Gasteiger partial charge in [-0.15, -0.1) is 0 Å². The van der Waals surface area contributed by atoms with Crippen molar-refractivity contribution < 1.29 is 5.11 Å². The fourth-order valence-corrected chi connectivity index (χ4v) is 1.75. The Bertz CT molecular complexity index is 423. The van der Waals surface area contributed by atoms with Crippen molar-refractivity contribution in [2.24, 2.45) is 0 Å². The Morgan fingerprint density at radius 1 is 1.33 bits per heavy atom. The highest BCUT2D eigenvalue weighted by atomic mass is 32.1. The number of hydrogen-bond donors (Lipinski definition) is 3. The smallest absolute Gasteiger partial charge is 0.131 e. The van der Waals surface area contributed by atoms with Crippen LogP contribution in [0.4, 0.5) is 5.82 Å². The monoisotopic (exact) mass is 269 g/mol. The quantitative estimate of drug-likeness (QED) is 0.549. The minimum atomic E-state index is -0.0395. The van der Waals surface area contributed by atoms with E-state index in [1.807, 2.05) is 6.07 Å². The van der Waals surface area contributed by atoms with Gasteiger partial charge in [0.05, 0.1) is 0 Å². The zero-order valence-electron chi connectivity index (χ0n) is 11.4. The van der Waals surface area contributed by atoms with E-state index in [9.17, 15) is 0 Å². The molecule has 0 aliphatic heterocycles. The summed E-state index contributed by atoms with van der Waals surface area (Å²) in [5, 5.41) is 12.0. The lowest BCUT2D eigenvalue weighted by molar-refractivity contribution is 0.283. The predicted octanol–water partition coefficient (Wildman–Crippen LogP) is 3.01. The van der Waals surface area contributed by atoms with Gasteiger partial charge in [-0.05, 0) is 19.3 Å². The van der Waals surface area contributed by atoms with E-state index in [-0.39, 0.29) is 12.0 Å². The van der Waals surface area contributed by atoms with Crippen LogP contribution in [0, 0.1) is 4.64 Å². The van der Waals surface area contributed by atoms with E-state index in [1.54, 1.807) is 0 Å². The van der Waals surface area contributed by atoms with Crippen molar-refractivity contribution in [1.29, 1.82) is 0 Å². The van der Waals surface area contributed by atoms with Crippen molar-refractivity contribution in [2.45, 2.75) is 45.4 Å². The first kappa shape index (κ1) is 15.1. The van der Waals surface area contributed by atoms with Crippen LogP contribution in [0.2, 0.25) is 0 Å². The fraction of sp³-hybridized carbons (Fsp3) is 0.692. The zero-order chi connectivity index (χ0) is 13.6. The molecule has 4 nitrogen and oxygen atoms in total. The van der Waals surface area contributed by atoms with Gasteiger partial charge in [0.2, 0.25) is 0 Å². The maximum Gasteiger partial charge on any atom is 0.131 e. The van der Waals surface area contributed by atoms with Crippen LogP contribution >= 0.6 is 12.2 Å². The van der Waals surface area contributed by atoms with E-state index in [0.717, 1.165) is 37.4 Å². The van der Waals surface area contributed by atoms with Gasteiger partial charge in [0.25, 0.3) is 0 Å². The molecule has 1 aromatic heterocycles. The van der Waals surface area contributed by atoms with E-state index in [1.165, 1.54) is 0 Å². The second kappa shape index (κ2) is 6.85. The number of nitrogens with one attached hydrogen (secondary N) is 2. The molecule has 102 valence electrons. The SMILES string of the molecule is CC(C)(C)c1nc(=S)cc(NCCCCCO)[nH]1. The molecule has 1 heterocycles. The van der Waals surface area contributed by atoms with E-state index in [4.69, 9.17) is 17.3 Å². The van der Waals surface area contributed by atoms with Crippen LogP contribution in [0.1, 0.15) is 45.9 Å². The number of rotatable bonds is 6. The van der Waals surface area contributed by atoms with E-state index < -0.39 is 0 Å². The first-order chi connectivity index (χ1) is 8.43. The maximum absolute atomic E-state index is 8.70. The number of aromatic amines is 1. The van der Waals surface area contributed by atoms with Gasteiger partial charge in [0, 0.05) is 24.6 Å². The fourth-order valence-electron chi connectivity index (χ4n) is 1.54. The third-order valence-electron chi connectivity index (χ3n) is 2.60. The van der Waals surface area contributed by atoms with Crippen LogP contribution in [0.5, 0.6) is 0 Å². The number of aliphatic hydroxyl groups is 1. The first-order valence-corrected chi connectivity index (χ1v) is 6.81. The molecule has 0 amide bonds. The summed E-state index contributed by atoms with van der Waals surface area (Å²) in [4.78, 5) is 7.63. The second-order valence-corrected chi connectivity index (χ2v) is 5.86. The van der Waals surface area contributed by atoms with Crippen molar-refractivity contribution in [1.82, 2.24) is 9.97 Å². The molecule has 0 aliphatic carbocycles. The Labute approximate surface area is 114 Å². The molecule has 0 aliphatic rings. The van der Waals surface area contributed by atoms with E-state index in [2.05, 4.69) is 36.1 Å². The molecule has 0 spiro atoms. The Balaban J connectivity index is 2.61. The molecule has 0 radical (unpaired) electrons. The number of H-pyrrole nitrogens is 1. The zero-order valence-corrected chi connectivity index (χ0v) is 12.2. The molecule has 0 unspecified atom stereocenters. The summed E-state index contributed by atoms with van der Waals surface area (Å²) in [6.07, 6.45) is 2.93. The number of aromatic nitrogens is 2. The van der Waals surface area contributed by atoms with Crippen molar-refractivity contribution in [3.63, 3.8) is 0 Å². The molecule has 1 rings (SSSR count). The van der Waals surface area contributed by atoms with E-state index >= 15 is 0 Å². The number of nitrogens with zero attached hydrogens (tertiary/aromatic N) is 1. The summed E-state index contributed by atoms with van der Waals surface area (Å²) in [6, 6.07) is 1.84. The van der Waals surface area contributed by atoms with Gasteiger partial charge < -0.3 is 15.4 Å². The lowest BCUT2D eigenvalue weighted by Gasteiger charge is -2.18. The lowest BCUT2D eigenvalue weighted by atomic mass is 9.96. The number of unbranched alkanes of at least 4 members (excludes halogenated alkanes) is 2. The predicted molar refractivity (Wildman–Crippen MR) is 77.5 cm³/mol. The Hall–Kier alpha value is -0.940. The molecule has 5 heteroatoms. The van der Waals surface area contributed by atoms with Gasteiger partial charge >= 0.3 is 0 Å². The first-order valence-electron chi connectivity index (χ1n) is 6.40. The molecule has 0 atom stereocenters. The molecule has 18 heavy (non-hydrogen) atoms. The van der Waals surface area contributed by atoms with Gasteiger partial charge in [-0.2, -0.15) is 0 Å². The largest absolute Gasteiger partial charge is 0.396 e. The Morgan fingerprint density at radius 2 is 2.06 bits per heavy atom. The summed E-state index contributed by atoms with van der Waals surface area (Å²) < 4.78 is 0.608. The highest BCUT2D eigenvalue weighted by molar-refractivity contribution is 7.71. The van der Waals surface area contributed by atoms with Gasteiger partial charge in [0.1, 0.15) is 16.3 Å². The van der Waals surface area contributed by atoms with Crippen molar-refractivity contribution in [3.05, 3.63) is 16.5 Å². The highest BCUT2D eigenvalue weighted by Crippen LogP contribution is 2.19. The lowest BCUT2D eigenvalue weighted by Crippen LogP contribution is -2.17. The summed E-state index contributed by atoms with van der Waals surface area (Å²) in [5.41, 5.74) is -0.0395. The van der Waals surface area contributed by atoms with Crippen molar-refractivity contribution >= 4 is 18.0 Å². The normalized spacial score (nSPS) is 11.6. The summed E-state index contributed by atoms with van der Waals surface area (Å²) in [6.45, 7) is 7.45. The minimum absolute atomic E-state index is 0.0395. The molecule has 0 saturated carbocycles. The molecular weight excluding hydrogens is 246 g/mol. The van der Waals surface area contributed by atoms with E-state index in [0.29, 0.717) is 4.64 Å². The van der Waals surface area contributed by atoms with Crippen LogP contribution in [0.3, 0.4) is 0 Å². The van der Waals surface area contributed by atoms with Crippen LogP contribution in [0.25, 0.3) is 0 Å². The second-order valence-electron chi connectivity index (χ2n) is 5.44. The summed E-state index contributed by atoms with van der Waals surface area (Å²) in [7, 11) is 0. The number of hydrogen-bond acceptors (Lipinski definition) is 4. The van der Waals surface area contributed by atoms with Crippen molar-refractivity contribution in [2.75, 3.05) is 18.5 Å². The van der Waals surface area contributed by atoms with Crippen LogP contribution in [-0.4, -0.2) is 28.2 Å². The summed E-state index contributed by atoms with van der Waals surface area (Å²) >= 11 is 5.17. The average Bonchev–Trinajstić information content (AvgIpc) is 2.27. The minimum Gasteiger partial charge on any atom is -0.396 e. The number of anilines is 1. The molecule has 0 aromatic carbocycles. The highest BCUT2D eigenvalue weighted by Gasteiger charge is 2.16. The Morgan fingerprint density at radius 3 is 2.67 bits per heavy atom. The van der Waals surface area contributed by atoms with Crippen LogP contribution in [-0.2, 0) is 5.41 Å². The summed E-state index contributed by atoms with van der Waals surface area (Å²) in [5.74, 6) is 1.82. The van der Waals surface area contributed by atoms with Crippen molar-refractivity contribution in [3.8, 4) is 0 Å². The molecule has 0 fully saturated rings. The maximum atomic E-state index is 8.70. The molecule has 0 bridgehead atoms. The van der Waals surface area contributed by atoms with Crippen LogP contribution < -0.4 is 5.32 Å². The number of aliphatic hydroxyl groups excluding tert-OH is 1. The third kappa shape index (κ3) is 5.14. The van der Waals surface area contributed by atoms with Gasteiger partial charge in [0.15, 0.2) is 0 Å². The molecule has 0 saturated heterocycles. The average molecular weight is 269 g/mol.